The summed E-state index contributed by atoms with van der Waals surface area (Å²) >= 11 is 5.79. The molecule has 0 aliphatic heterocycles. The third-order valence-electron chi connectivity index (χ3n) is 1.63. The third kappa shape index (κ3) is 1.95. The molecule has 0 fully saturated rings. The number of hydrogen-bond acceptors (Lipinski definition) is 3. The molecule has 0 heterocycles. The quantitative estimate of drug-likeness (QED) is 0.774. The average molecular weight is 211 g/mol. The van der Waals surface area contributed by atoms with Crippen molar-refractivity contribution in [3.05, 3.63) is 22.7 Å². The van der Waals surface area contributed by atoms with Gasteiger partial charge in [0.15, 0.2) is 0 Å². The Morgan fingerprint density at radius 1 is 1.64 bits per heavy atom. The first-order chi connectivity index (χ1) is 6.72. The molecule has 4 nitrogen and oxygen atoms in total. The maximum absolute atomic E-state index is 10.2. The molecule has 0 radical (unpaired) electrons. The van der Waals surface area contributed by atoms with Crippen molar-refractivity contribution in [1.29, 1.82) is 5.26 Å². The van der Waals surface area contributed by atoms with E-state index in [0.717, 1.165) is 0 Å². The van der Waals surface area contributed by atoms with Gasteiger partial charge in [0.05, 0.1) is 23.4 Å². The van der Waals surface area contributed by atoms with Gasteiger partial charge in [-0.05, 0) is 6.07 Å². The highest BCUT2D eigenvalue weighted by molar-refractivity contribution is 6.32. The van der Waals surface area contributed by atoms with E-state index < -0.39 is 0 Å². The maximum Gasteiger partial charge on any atom is 0.211 e. The predicted octanol–water partition coefficient (Wildman–Crippen LogP) is 1.79. The van der Waals surface area contributed by atoms with Gasteiger partial charge < -0.3 is 10.1 Å². The van der Waals surface area contributed by atoms with E-state index in [9.17, 15) is 4.79 Å². The second-order valence-electron chi connectivity index (χ2n) is 2.41. The molecule has 5 heteroatoms. The normalized spacial score (nSPS) is 8.93. The minimum absolute atomic E-state index is 0.294. The second-order valence-corrected chi connectivity index (χ2v) is 2.81. The smallest absolute Gasteiger partial charge is 0.211 e. The Bertz CT molecular complexity index is 399. The maximum atomic E-state index is 10.2. The van der Waals surface area contributed by atoms with Crippen LogP contribution in [-0.4, -0.2) is 13.5 Å². The van der Waals surface area contributed by atoms with Crippen molar-refractivity contribution in [1.82, 2.24) is 0 Å². The lowest BCUT2D eigenvalue weighted by molar-refractivity contribution is -0.105. The third-order valence-corrected chi connectivity index (χ3v) is 1.92. The minimum Gasteiger partial charge on any atom is -0.495 e. The van der Waals surface area contributed by atoms with Gasteiger partial charge in [0.1, 0.15) is 11.8 Å². The van der Waals surface area contributed by atoms with Crippen LogP contribution in [0.4, 0.5) is 5.69 Å². The van der Waals surface area contributed by atoms with Crippen LogP contribution in [0.5, 0.6) is 5.75 Å². The van der Waals surface area contributed by atoms with Crippen molar-refractivity contribution >= 4 is 23.7 Å². The summed E-state index contributed by atoms with van der Waals surface area (Å²) in [5.41, 5.74) is 0.673. The Morgan fingerprint density at radius 2 is 2.36 bits per heavy atom. The lowest BCUT2D eigenvalue weighted by Gasteiger charge is -2.07. The molecule has 1 rings (SSSR count). The molecule has 0 unspecified atom stereocenters. The number of carbonyl (C=O) groups is 1. The van der Waals surface area contributed by atoms with Gasteiger partial charge >= 0.3 is 0 Å². The molecule has 0 aromatic heterocycles. The lowest BCUT2D eigenvalue weighted by atomic mass is 10.2. The van der Waals surface area contributed by atoms with E-state index in [-0.39, 0.29) is 0 Å². The van der Waals surface area contributed by atoms with Crippen LogP contribution in [-0.2, 0) is 4.79 Å². The van der Waals surface area contributed by atoms with Gasteiger partial charge in [-0.3, -0.25) is 4.79 Å². The fraction of sp³-hybridized carbons (Fsp3) is 0.111. The number of halogens is 1. The van der Waals surface area contributed by atoms with Crippen LogP contribution in [0.2, 0.25) is 5.02 Å². The number of benzene rings is 1. The van der Waals surface area contributed by atoms with Crippen molar-refractivity contribution in [2.75, 3.05) is 12.4 Å². The second kappa shape index (κ2) is 4.49. The molecule has 72 valence electrons. The number of rotatable bonds is 3. The predicted molar refractivity (Wildman–Crippen MR) is 52.4 cm³/mol. The highest BCUT2D eigenvalue weighted by Crippen LogP contribution is 2.30. The number of anilines is 1. The van der Waals surface area contributed by atoms with E-state index in [1.165, 1.54) is 19.2 Å². The van der Waals surface area contributed by atoms with Crippen LogP contribution in [0.3, 0.4) is 0 Å². The van der Waals surface area contributed by atoms with Gasteiger partial charge in [-0.25, -0.2) is 0 Å². The molecule has 1 amide bonds. The topological polar surface area (TPSA) is 62.1 Å². The van der Waals surface area contributed by atoms with E-state index in [1.807, 2.05) is 6.07 Å². The van der Waals surface area contributed by atoms with Crippen LogP contribution in [0.1, 0.15) is 5.56 Å². The summed E-state index contributed by atoms with van der Waals surface area (Å²) < 4.78 is 4.93. The van der Waals surface area contributed by atoms with E-state index in [2.05, 4.69) is 5.32 Å². The number of methoxy groups -OCH3 is 1. The summed E-state index contributed by atoms with van der Waals surface area (Å²) in [6.07, 6.45) is 0.490. The van der Waals surface area contributed by atoms with Crippen LogP contribution >= 0.6 is 11.6 Å². The Labute approximate surface area is 86.0 Å². The fourth-order valence-electron chi connectivity index (χ4n) is 0.985. The van der Waals surface area contributed by atoms with Gasteiger partial charge in [-0.2, -0.15) is 5.26 Å². The molecule has 14 heavy (non-hydrogen) atoms. The van der Waals surface area contributed by atoms with E-state index in [1.54, 1.807) is 0 Å². The first kappa shape index (κ1) is 10.4. The summed E-state index contributed by atoms with van der Waals surface area (Å²) in [5.74, 6) is 0.412. The molecular formula is C9H7ClN2O2. The number of hydrogen-bond donors (Lipinski definition) is 1. The number of ether oxygens (including phenoxy) is 1. The molecule has 1 aromatic rings. The Morgan fingerprint density at radius 3 is 2.86 bits per heavy atom. The van der Waals surface area contributed by atoms with Crippen LogP contribution in [0.25, 0.3) is 0 Å². The molecular weight excluding hydrogens is 204 g/mol. The zero-order valence-electron chi connectivity index (χ0n) is 7.37. The minimum atomic E-state index is 0.294. The van der Waals surface area contributed by atoms with Gasteiger partial charge in [0.2, 0.25) is 6.41 Å². The number of nitrogens with zero attached hydrogens (tertiary/aromatic N) is 1. The molecule has 0 aliphatic rings. The van der Waals surface area contributed by atoms with E-state index >= 15 is 0 Å². The molecule has 0 aliphatic carbocycles. The Balaban J connectivity index is 3.26. The highest BCUT2D eigenvalue weighted by Gasteiger charge is 2.07. The van der Waals surface area contributed by atoms with Crippen molar-refractivity contribution in [3.63, 3.8) is 0 Å². The summed E-state index contributed by atoms with van der Waals surface area (Å²) in [7, 11) is 1.46. The van der Waals surface area contributed by atoms with Gasteiger partial charge in [0.25, 0.3) is 0 Å². The standard InChI is InChI=1S/C9H7ClN2O2/c1-14-9-3-8(12-5-13)6(4-11)2-7(9)10/h2-3,5H,1H3,(H,12,13). The van der Waals surface area contributed by atoms with Crippen molar-refractivity contribution in [3.8, 4) is 11.8 Å². The molecule has 0 spiro atoms. The van der Waals surface area contributed by atoms with Crippen molar-refractivity contribution in [2.24, 2.45) is 0 Å². The zero-order chi connectivity index (χ0) is 10.6. The van der Waals surface area contributed by atoms with E-state index in [4.69, 9.17) is 21.6 Å². The molecule has 0 bridgehead atoms. The average Bonchev–Trinajstić information content (AvgIpc) is 2.20. The first-order valence-corrected chi connectivity index (χ1v) is 4.08. The van der Waals surface area contributed by atoms with E-state index in [0.29, 0.717) is 28.4 Å². The summed E-state index contributed by atoms with van der Waals surface area (Å²) in [6, 6.07) is 4.84. The SMILES string of the molecule is COc1cc(NC=O)c(C#N)cc1Cl. The highest BCUT2D eigenvalue weighted by atomic mass is 35.5. The molecule has 0 saturated carbocycles. The number of carbonyl (C=O) groups excluding carboxylic acids is 1. The van der Waals surface area contributed by atoms with Crippen molar-refractivity contribution in [2.45, 2.75) is 0 Å². The fourth-order valence-corrected chi connectivity index (χ4v) is 1.23. The van der Waals surface area contributed by atoms with Crippen molar-refractivity contribution < 1.29 is 9.53 Å². The van der Waals surface area contributed by atoms with Gasteiger partial charge in [-0.1, -0.05) is 11.6 Å². The molecule has 1 N–H and O–H groups in total. The number of nitriles is 1. The van der Waals surface area contributed by atoms with Gasteiger partial charge in [-0.15, -0.1) is 0 Å². The van der Waals surface area contributed by atoms with Crippen LogP contribution < -0.4 is 10.1 Å². The first-order valence-electron chi connectivity index (χ1n) is 3.70. The monoisotopic (exact) mass is 210 g/mol. The largest absolute Gasteiger partial charge is 0.495 e. The molecule has 0 atom stereocenters. The van der Waals surface area contributed by atoms with Crippen LogP contribution in [0.15, 0.2) is 12.1 Å². The lowest BCUT2D eigenvalue weighted by Crippen LogP contribution is -1.98. The summed E-state index contributed by atoms with van der Waals surface area (Å²) in [6.45, 7) is 0. The summed E-state index contributed by atoms with van der Waals surface area (Å²) in [5, 5.41) is 11.4. The van der Waals surface area contributed by atoms with Crippen LogP contribution in [0, 0.1) is 11.3 Å². The zero-order valence-corrected chi connectivity index (χ0v) is 8.13. The number of nitrogens with one attached hydrogen (secondary N) is 1. The molecule has 0 saturated heterocycles. The Hall–Kier alpha value is -1.73. The molecule has 1 aromatic carbocycles. The number of amides is 1. The Kier molecular flexibility index (Phi) is 3.32. The van der Waals surface area contributed by atoms with Gasteiger partial charge in [0, 0.05) is 6.07 Å². The summed E-state index contributed by atoms with van der Waals surface area (Å²) in [4.78, 5) is 10.2.